The summed E-state index contributed by atoms with van der Waals surface area (Å²) in [4.78, 5) is 24.5. The van der Waals surface area contributed by atoms with Crippen LogP contribution in [0, 0.1) is 0 Å². The van der Waals surface area contributed by atoms with Crippen LogP contribution in [0.3, 0.4) is 0 Å². The van der Waals surface area contributed by atoms with Gasteiger partial charge in [0.15, 0.2) is 0 Å². The molecule has 0 aromatic carbocycles. The molecule has 0 radical (unpaired) electrons. The van der Waals surface area contributed by atoms with Gasteiger partial charge in [0.2, 0.25) is 5.91 Å². The van der Waals surface area contributed by atoms with Gasteiger partial charge >= 0.3 is 6.03 Å². The minimum Gasteiger partial charge on any atom is -0.394 e. The number of hydrogen-bond acceptors (Lipinski definition) is 5. The fourth-order valence-corrected chi connectivity index (χ4v) is 2.19. The predicted molar refractivity (Wildman–Crippen MR) is 69.7 cm³/mol. The highest BCUT2D eigenvalue weighted by Gasteiger charge is 2.32. The molecule has 0 aliphatic carbocycles. The fourth-order valence-electron chi connectivity index (χ4n) is 2.19. The second-order valence-corrected chi connectivity index (χ2v) is 5.29. The Bertz CT molecular complexity index is 333. The quantitative estimate of drug-likeness (QED) is 0.630. The summed E-state index contributed by atoms with van der Waals surface area (Å²) in [6.45, 7) is 5.68. The maximum atomic E-state index is 11.5. The van der Waals surface area contributed by atoms with Gasteiger partial charge in [-0.3, -0.25) is 15.0 Å². The summed E-state index contributed by atoms with van der Waals surface area (Å²) >= 11 is 0. The molecule has 0 aromatic heterocycles. The van der Waals surface area contributed by atoms with E-state index >= 15 is 0 Å². The molecule has 0 bridgehead atoms. The summed E-state index contributed by atoms with van der Waals surface area (Å²) in [7, 11) is 1.46. The van der Waals surface area contributed by atoms with Gasteiger partial charge in [0.1, 0.15) is 0 Å². The highest BCUT2D eigenvalue weighted by molar-refractivity contribution is 5.94. The molecule has 1 rings (SSSR count). The third kappa shape index (κ3) is 5.54. The first kappa shape index (κ1) is 15.9. The van der Waals surface area contributed by atoms with Crippen LogP contribution in [0.25, 0.3) is 0 Å². The number of nitrogens with one attached hydrogen (secondary N) is 2. The van der Waals surface area contributed by atoms with Crippen LogP contribution in [0.4, 0.5) is 4.79 Å². The molecular formula is C12H23N3O4. The number of carbonyl (C=O) groups is 2. The molecule has 7 heteroatoms. The van der Waals surface area contributed by atoms with Gasteiger partial charge in [-0.2, -0.15) is 0 Å². The highest BCUT2D eigenvalue weighted by atomic mass is 16.5. The largest absolute Gasteiger partial charge is 0.394 e. The molecule has 0 spiro atoms. The Kier molecular flexibility index (Phi) is 5.71. The number of amides is 3. The first-order valence-corrected chi connectivity index (χ1v) is 6.39. The number of aliphatic hydroxyl groups is 1. The zero-order chi connectivity index (χ0) is 14.5. The van der Waals surface area contributed by atoms with Crippen LogP contribution in [0.1, 0.15) is 20.3 Å². The highest BCUT2D eigenvalue weighted by Crippen LogP contribution is 2.20. The molecule has 0 aromatic rings. The SMILES string of the molecule is CNC(=O)NC(=O)CCN1CC(CO)OC(C)(C)C1. The number of imide groups is 1. The second kappa shape index (κ2) is 6.83. The summed E-state index contributed by atoms with van der Waals surface area (Å²) < 4.78 is 5.69. The van der Waals surface area contributed by atoms with Crippen LogP contribution in [-0.2, 0) is 9.53 Å². The maximum Gasteiger partial charge on any atom is 0.321 e. The first-order valence-electron chi connectivity index (χ1n) is 6.39. The third-order valence-electron chi connectivity index (χ3n) is 2.89. The van der Waals surface area contributed by atoms with Crippen LogP contribution in [0.2, 0.25) is 0 Å². The van der Waals surface area contributed by atoms with E-state index in [9.17, 15) is 14.7 Å². The molecule has 3 N–H and O–H groups in total. The molecule has 110 valence electrons. The van der Waals surface area contributed by atoms with Gasteiger partial charge in [-0.1, -0.05) is 0 Å². The molecule has 1 saturated heterocycles. The van der Waals surface area contributed by atoms with Gasteiger partial charge in [0.05, 0.1) is 18.3 Å². The second-order valence-electron chi connectivity index (χ2n) is 5.29. The lowest BCUT2D eigenvalue weighted by molar-refractivity contribution is -0.150. The van der Waals surface area contributed by atoms with E-state index in [4.69, 9.17) is 4.74 Å². The number of nitrogens with zero attached hydrogens (tertiary/aromatic N) is 1. The maximum absolute atomic E-state index is 11.5. The van der Waals surface area contributed by atoms with Crippen molar-refractivity contribution >= 4 is 11.9 Å². The van der Waals surface area contributed by atoms with E-state index in [0.29, 0.717) is 19.6 Å². The van der Waals surface area contributed by atoms with E-state index < -0.39 is 6.03 Å². The third-order valence-corrected chi connectivity index (χ3v) is 2.89. The topological polar surface area (TPSA) is 90.9 Å². The molecule has 1 unspecified atom stereocenters. The summed E-state index contributed by atoms with van der Waals surface area (Å²) in [5.74, 6) is -0.316. The van der Waals surface area contributed by atoms with Crippen LogP contribution < -0.4 is 10.6 Å². The van der Waals surface area contributed by atoms with Gasteiger partial charge in [0.25, 0.3) is 0 Å². The van der Waals surface area contributed by atoms with Crippen LogP contribution in [0.5, 0.6) is 0 Å². The van der Waals surface area contributed by atoms with Crippen LogP contribution >= 0.6 is 0 Å². The van der Waals surface area contributed by atoms with Gasteiger partial charge in [-0.05, 0) is 13.8 Å². The Morgan fingerprint density at radius 1 is 1.47 bits per heavy atom. The Morgan fingerprint density at radius 2 is 2.16 bits per heavy atom. The summed E-state index contributed by atoms with van der Waals surface area (Å²) in [5.41, 5.74) is -0.344. The van der Waals surface area contributed by atoms with E-state index in [-0.39, 0.29) is 30.6 Å². The number of rotatable bonds is 4. The number of urea groups is 1. The monoisotopic (exact) mass is 273 g/mol. The Balaban J connectivity index is 2.39. The van der Waals surface area contributed by atoms with Crippen molar-refractivity contribution < 1.29 is 19.4 Å². The van der Waals surface area contributed by atoms with E-state index in [1.165, 1.54) is 7.05 Å². The zero-order valence-electron chi connectivity index (χ0n) is 11.7. The lowest BCUT2D eigenvalue weighted by Gasteiger charge is -2.42. The number of hydrogen-bond donors (Lipinski definition) is 3. The predicted octanol–water partition coefficient (Wildman–Crippen LogP) is -0.696. The van der Waals surface area contributed by atoms with Crippen molar-refractivity contribution in [1.82, 2.24) is 15.5 Å². The van der Waals surface area contributed by atoms with Crippen molar-refractivity contribution in [2.75, 3.05) is 33.3 Å². The normalized spacial score (nSPS) is 22.8. The first-order chi connectivity index (χ1) is 8.86. The molecular weight excluding hydrogens is 250 g/mol. The molecule has 0 saturated carbocycles. The Hall–Kier alpha value is -1.18. The lowest BCUT2D eigenvalue weighted by atomic mass is 10.1. The van der Waals surface area contributed by atoms with Crippen LogP contribution in [-0.4, -0.2) is 66.9 Å². The van der Waals surface area contributed by atoms with Crippen molar-refractivity contribution in [3.05, 3.63) is 0 Å². The minimum atomic E-state index is -0.499. The number of morpholine rings is 1. The molecule has 1 aliphatic rings. The molecule has 1 atom stereocenters. The van der Waals surface area contributed by atoms with Gasteiger partial charge in [0, 0.05) is 33.1 Å². The van der Waals surface area contributed by atoms with Gasteiger partial charge in [-0.25, -0.2) is 4.79 Å². The van der Waals surface area contributed by atoms with Crippen molar-refractivity contribution in [3.63, 3.8) is 0 Å². The minimum absolute atomic E-state index is 0.0373. The molecule has 1 fully saturated rings. The van der Waals surface area contributed by atoms with Crippen molar-refractivity contribution in [1.29, 1.82) is 0 Å². The summed E-state index contributed by atoms with van der Waals surface area (Å²) in [6, 6.07) is -0.499. The lowest BCUT2D eigenvalue weighted by Crippen LogP contribution is -2.54. The van der Waals surface area contributed by atoms with Crippen molar-refractivity contribution in [3.8, 4) is 0 Å². The van der Waals surface area contributed by atoms with Crippen molar-refractivity contribution in [2.24, 2.45) is 0 Å². The summed E-state index contributed by atoms with van der Waals surface area (Å²) in [6.07, 6.45) is 0.00696. The van der Waals surface area contributed by atoms with E-state index in [0.717, 1.165) is 0 Å². The number of carbonyl (C=O) groups excluding carboxylic acids is 2. The zero-order valence-corrected chi connectivity index (χ0v) is 11.7. The Morgan fingerprint density at radius 3 is 2.74 bits per heavy atom. The Labute approximate surface area is 113 Å². The molecule has 7 nitrogen and oxygen atoms in total. The molecule has 3 amide bonds. The van der Waals surface area contributed by atoms with E-state index in [2.05, 4.69) is 15.5 Å². The number of ether oxygens (including phenoxy) is 1. The van der Waals surface area contributed by atoms with E-state index in [1.807, 2.05) is 13.8 Å². The summed E-state index contributed by atoms with van der Waals surface area (Å²) in [5, 5.41) is 13.7. The van der Waals surface area contributed by atoms with Gasteiger partial charge in [-0.15, -0.1) is 0 Å². The van der Waals surface area contributed by atoms with E-state index in [1.54, 1.807) is 0 Å². The average molecular weight is 273 g/mol. The molecule has 1 aliphatic heterocycles. The number of aliphatic hydroxyl groups excluding tert-OH is 1. The van der Waals surface area contributed by atoms with Gasteiger partial charge < -0.3 is 15.2 Å². The molecule has 1 heterocycles. The standard InChI is InChI=1S/C12H23N3O4/c1-12(2)8-15(6-9(7-16)19-12)5-4-10(17)14-11(18)13-3/h9,16H,4-8H2,1-3H3,(H2,13,14,17,18). The molecule has 19 heavy (non-hydrogen) atoms. The fraction of sp³-hybridized carbons (Fsp3) is 0.833. The smallest absolute Gasteiger partial charge is 0.321 e. The average Bonchev–Trinajstić information content (AvgIpc) is 2.34. The van der Waals surface area contributed by atoms with Crippen LogP contribution in [0.15, 0.2) is 0 Å². The van der Waals surface area contributed by atoms with Crippen molar-refractivity contribution in [2.45, 2.75) is 32.0 Å².